The van der Waals surface area contributed by atoms with Crippen LogP contribution in [0.25, 0.3) is 12.2 Å². The zero-order chi connectivity index (χ0) is 26.5. The summed E-state index contributed by atoms with van der Waals surface area (Å²) < 4.78 is 5.45. The molecule has 1 saturated heterocycles. The first-order chi connectivity index (χ1) is 18.6. The summed E-state index contributed by atoms with van der Waals surface area (Å²) in [5.74, 6) is 0.846. The molecule has 1 fully saturated rings. The number of carbonyl (C=O) groups excluding carboxylic acids is 1. The van der Waals surface area contributed by atoms with E-state index in [4.69, 9.17) is 9.73 Å². The Bertz CT molecular complexity index is 1400. The fraction of sp³-hybridized carbons (Fsp3) is 0.226. The molecule has 0 bridgehead atoms. The monoisotopic (exact) mass is 541 g/mol. The lowest BCUT2D eigenvalue weighted by atomic mass is 10.1. The van der Waals surface area contributed by atoms with Gasteiger partial charge >= 0.3 is 0 Å². The fourth-order valence-corrected chi connectivity index (χ4v) is 6.73. The first-order valence-electron chi connectivity index (χ1n) is 12.9. The van der Waals surface area contributed by atoms with Crippen LogP contribution in [0.1, 0.15) is 37.8 Å². The van der Waals surface area contributed by atoms with E-state index in [-0.39, 0.29) is 5.91 Å². The molecule has 38 heavy (non-hydrogen) atoms. The van der Waals surface area contributed by atoms with Gasteiger partial charge in [0, 0.05) is 24.1 Å². The van der Waals surface area contributed by atoms with Crippen LogP contribution in [0.3, 0.4) is 0 Å². The largest absolute Gasteiger partial charge is 0.497 e. The van der Waals surface area contributed by atoms with Crippen LogP contribution >= 0.6 is 23.5 Å². The van der Waals surface area contributed by atoms with E-state index in [9.17, 15) is 4.79 Å². The average Bonchev–Trinajstić information content (AvgIpc) is 3.47. The first-order valence-corrected chi connectivity index (χ1v) is 14.5. The molecule has 5 rings (SSSR count). The Hall–Kier alpha value is -3.42. The maximum atomic E-state index is 13.7. The summed E-state index contributed by atoms with van der Waals surface area (Å²) in [6, 6.07) is 24.5. The molecule has 0 atom stereocenters. The molecular formula is C31H31N3O2S2. The molecule has 0 unspecified atom stereocenters. The van der Waals surface area contributed by atoms with E-state index in [2.05, 4.69) is 61.2 Å². The number of nitrogens with zero attached hydrogens (tertiary/aromatic N) is 3. The number of ether oxygens (including phenoxy) is 1. The average molecular weight is 542 g/mol. The highest BCUT2D eigenvalue weighted by atomic mass is 32.2. The number of hydrogen-bond acceptors (Lipinski definition) is 6. The second-order valence-electron chi connectivity index (χ2n) is 8.96. The van der Waals surface area contributed by atoms with Crippen molar-refractivity contribution in [2.24, 2.45) is 4.99 Å². The lowest BCUT2D eigenvalue weighted by Crippen LogP contribution is -2.30. The van der Waals surface area contributed by atoms with Crippen molar-refractivity contribution in [2.75, 3.05) is 25.1 Å². The van der Waals surface area contributed by atoms with Crippen molar-refractivity contribution < 1.29 is 9.53 Å². The SMILES string of the molecule is CCCCN1C(=O)/C(=C2/Sc3ccc(OC)cc3N2CC)SC1=Nc1ccc(/C=C/c2ccccc2)cc1. The Labute approximate surface area is 233 Å². The molecule has 0 N–H and O–H groups in total. The summed E-state index contributed by atoms with van der Waals surface area (Å²) in [6.45, 7) is 5.67. The van der Waals surface area contributed by atoms with Crippen molar-refractivity contribution in [3.8, 4) is 5.75 Å². The van der Waals surface area contributed by atoms with Gasteiger partial charge in [-0.2, -0.15) is 0 Å². The van der Waals surface area contributed by atoms with Crippen LogP contribution < -0.4 is 9.64 Å². The minimum atomic E-state index is 0.0327. The van der Waals surface area contributed by atoms with Crippen molar-refractivity contribution in [3.05, 3.63) is 93.9 Å². The Morgan fingerprint density at radius 1 is 0.895 bits per heavy atom. The molecule has 7 heteroatoms. The van der Waals surface area contributed by atoms with E-state index in [0.717, 1.165) is 67.6 Å². The molecule has 0 spiro atoms. The molecule has 0 saturated carbocycles. The molecule has 2 aliphatic rings. The topological polar surface area (TPSA) is 45.1 Å². The Kier molecular flexibility index (Phi) is 8.25. The van der Waals surface area contributed by atoms with E-state index in [1.165, 1.54) is 11.8 Å². The van der Waals surface area contributed by atoms with E-state index in [1.54, 1.807) is 18.9 Å². The van der Waals surface area contributed by atoms with Gasteiger partial charge in [-0.1, -0.05) is 79.7 Å². The second-order valence-corrected chi connectivity index (χ2v) is 11.0. The number of carbonyl (C=O) groups is 1. The van der Waals surface area contributed by atoms with Gasteiger partial charge in [0.25, 0.3) is 5.91 Å². The first kappa shape index (κ1) is 26.2. The molecule has 5 nitrogen and oxygen atoms in total. The van der Waals surface area contributed by atoms with Gasteiger partial charge in [0.1, 0.15) is 15.7 Å². The molecular weight excluding hydrogens is 510 g/mol. The molecule has 3 aromatic carbocycles. The summed E-state index contributed by atoms with van der Waals surface area (Å²) >= 11 is 3.13. The van der Waals surface area contributed by atoms with E-state index in [1.807, 2.05) is 47.4 Å². The molecule has 0 aromatic heterocycles. The van der Waals surface area contributed by atoms with Crippen LogP contribution in [0.15, 0.2) is 92.6 Å². The number of thioether (sulfide) groups is 2. The third-order valence-electron chi connectivity index (χ3n) is 6.40. The molecule has 3 aromatic rings. The molecule has 194 valence electrons. The molecule has 0 aliphatic carbocycles. The third-order valence-corrected chi connectivity index (χ3v) is 8.78. The zero-order valence-electron chi connectivity index (χ0n) is 21.9. The standard InChI is InChI=1S/C31H31N3O2S2/c1-4-6-20-34-29(35)28(30-33(5-2)26-21-25(36-3)18-19-27(26)37-30)38-31(34)32-24-16-14-23(15-17-24)13-12-22-10-8-7-9-11-22/h7-19,21H,4-6,20H2,1-3H3/b13-12+,30-28-,32-31?. The number of unbranched alkanes of at least 4 members (excludes halogenated alkanes) is 1. The second kappa shape index (κ2) is 12.0. The number of amides is 1. The van der Waals surface area contributed by atoms with Gasteiger partial charge in [-0.05, 0) is 60.5 Å². The summed E-state index contributed by atoms with van der Waals surface area (Å²) in [5.41, 5.74) is 4.19. The third kappa shape index (κ3) is 5.54. The summed E-state index contributed by atoms with van der Waals surface area (Å²) in [4.78, 5) is 24.6. The summed E-state index contributed by atoms with van der Waals surface area (Å²) in [7, 11) is 1.68. The van der Waals surface area contributed by atoms with Crippen molar-refractivity contribution in [1.82, 2.24) is 4.90 Å². The Morgan fingerprint density at radius 2 is 1.63 bits per heavy atom. The Morgan fingerprint density at radius 3 is 2.32 bits per heavy atom. The number of amidine groups is 1. The number of rotatable bonds is 8. The van der Waals surface area contributed by atoms with Gasteiger partial charge < -0.3 is 9.64 Å². The normalized spacial score (nSPS) is 18.2. The lowest BCUT2D eigenvalue weighted by molar-refractivity contribution is -0.122. The van der Waals surface area contributed by atoms with Crippen molar-refractivity contribution in [2.45, 2.75) is 31.6 Å². The van der Waals surface area contributed by atoms with Crippen LogP contribution in [0, 0.1) is 0 Å². The number of hydrogen-bond donors (Lipinski definition) is 0. The zero-order valence-corrected chi connectivity index (χ0v) is 23.5. The number of fused-ring (bicyclic) bond motifs is 1. The molecule has 1 amide bonds. The molecule has 0 radical (unpaired) electrons. The highest BCUT2D eigenvalue weighted by Gasteiger charge is 2.39. The number of anilines is 1. The van der Waals surface area contributed by atoms with E-state index in [0.29, 0.717) is 6.54 Å². The number of aliphatic imine (C=N–C) groups is 1. The van der Waals surface area contributed by atoms with Gasteiger partial charge in [0.05, 0.1) is 18.5 Å². The minimum Gasteiger partial charge on any atom is -0.497 e. The quantitative estimate of drug-likeness (QED) is 0.213. The van der Waals surface area contributed by atoms with E-state index < -0.39 is 0 Å². The smallest absolute Gasteiger partial charge is 0.269 e. The van der Waals surface area contributed by atoms with E-state index >= 15 is 0 Å². The minimum absolute atomic E-state index is 0.0327. The fourth-order valence-electron chi connectivity index (χ4n) is 4.33. The number of methoxy groups -OCH3 is 1. The van der Waals surface area contributed by atoms with Crippen molar-refractivity contribution in [1.29, 1.82) is 0 Å². The maximum Gasteiger partial charge on any atom is 0.269 e. The van der Waals surface area contributed by atoms with Gasteiger partial charge in [-0.15, -0.1) is 0 Å². The van der Waals surface area contributed by atoms with Crippen molar-refractivity contribution in [3.63, 3.8) is 0 Å². The predicted octanol–water partition coefficient (Wildman–Crippen LogP) is 8.03. The van der Waals surface area contributed by atoms with Crippen LogP contribution in [0.2, 0.25) is 0 Å². The lowest BCUT2D eigenvalue weighted by Gasteiger charge is -2.19. The van der Waals surface area contributed by atoms with Crippen molar-refractivity contribution >= 4 is 58.1 Å². The highest BCUT2D eigenvalue weighted by Crippen LogP contribution is 2.51. The van der Waals surface area contributed by atoms with Crippen LogP contribution in [-0.4, -0.2) is 36.2 Å². The summed E-state index contributed by atoms with van der Waals surface area (Å²) in [5, 5.41) is 1.71. The Balaban J connectivity index is 1.43. The van der Waals surface area contributed by atoms with Crippen LogP contribution in [0.4, 0.5) is 11.4 Å². The van der Waals surface area contributed by atoms with Gasteiger partial charge in [-0.25, -0.2) is 4.99 Å². The highest BCUT2D eigenvalue weighted by molar-refractivity contribution is 8.19. The van der Waals surface area contributed by atoms with Crippen LogP contribution in [0.5, 0.6) is 5.75 Å². The predicted molar refractivity (Wildman–Crippen MR) is 162 cm³/mol. The van der Waals surface area contributed by atoms with Crippen LogP contribution in [-0.2, 0) is 4.79 Å². The van der Waals surface area contributed by atoms with Gasteiger partial charge in [-0.3, -0.25) is 9.69 Å². The van der Waals surface area contributed by atoms with Gasteiger partial charge in [0.2, 0.25) is 0 Å². The van der Waals surface area contributed by atoms with Gasteiger partial charge in [0.15, 0.2) is 5.17 Å². The molecule has 2 aliphatic heterocycles. The number of benzene rings is 3. The molecule has 2 heterocycles. The maximum absolute atomic E-state index is 13.7. The summed E-state index contributed by atoms with van der Waals surface area (Å²) in [6.07, 6.45) is 6.14.